The minimum Gasteiger partial charge on any atom is -0.497 e. The summed E-state index contributed by atoms with van der Waals surface area (Å²) >= 11 is 0. The minimum absolute atomic E-state index is 0.253. The van der Waals surface area contributed by atoms with Crippen molar-refractivity contribution in [2.45, 2.75) is 12.1 Å². The molecule has 3 aromatic carbocycles. The van der Waals surface area contributed by atoms with Crippen LogP contribution in [0.1, 0.15) is 22.0 Å². The Labute approximate surface area is 199 Å². The number of anilines is 1. The average molecular weight is 457 g/mol. The van der Waals surface area contributed by atoms with Gasteiger partial charge in [-0.1, -0.05) is 36.4 Å². The molecule has 1 aliphatic heterocycles. The SMILES string of the molecule is COc1ccc([C@H]([C@H](O)C(=O)c2c[nH]c3ccccc23)[NH+]2CCN(c3ccccc3)CC2)cc1. The van der Waals surface area contributed by atoms with Crippen LogP contribution in [0.5, 0.6) is 5.75 Å². The van der Waals surface area contributed by atoms with Gasteiger partial charge in [-0.3, -0.25) is 4.79 Å². The lowest BCUT2D eigenvalue weighted by atomic mass is 9.92. The van der Waals surface area contributed by atoms with Crippen molar-refractivity contribution in [1.29, 1.82) is 0 Å². The molecular weight excluding hydrogens is 426 g/mol. The van der Waals surface area contributed by atoms with Crippen molar-refractivity contribution in [3.8, 4) is 5.75 Å². The van der Waals surface area contributed by atoms with Crippen molar-refractivity contribution in [3.63, 3.8) is 0 Å². The van der Waals surface area contributed by atoms with Crippen LogP contribution < -0.4 is 14.5 Å². The van der Waals surface area contributed by atoms with Crippen LogP contribution in [0.15, 0.2) is 85.1 Å². The predicted octanol–water partition coefficient (Wildman–Crippen LogP) is 2.87. The molecule has 0 radical (unpaired) electrons. The third-order valence-electron chi connectivity index (χ3n) is 6.88. The molecule has 1 aromatic heterocycles. The number of methoxy groups -OCH3 is 1. The van der Waals surface area contributed by atoms with E-state index >= 15 is 0 Å². The van der Waals surface area contributed by atoms with Gasteiger partial charge in [0, 0.05) is 33.9 Å². The number of benzene rings is 3. The first-order valence-corrected chi connectivity index (χ1v) is 11.7. The van der Waals surface area contributed by atoms with Crippen molar-refractivity contribution < 1.29 is 19.5 Å². The van der Waals surface area contributed by atoms with Crippen LogP contribution in [0.3, 0.4) is 0 Å². The van der Waals surface area contributed by atoms with Crippen LogP contribution in [-0.4, -0.2) is 55.3 Å². The Morgan fingerprint density at radius 3 is 2.35 bits per heavy atom. The largest absolute Gasteiger partial charge is 0.497 e. The highest BCUT2D eigenvalue weighted by atomic mass is 16.5. The Balaban J connectivity index is 1.43. The molecule has 1 saturated heterocycles. The first-order valence-electron chi connectivity index (χ1n) is 11.7. The lowest BCUT2D eigenvalue weighted by Gasteiger charge is -2.39. The number of hydrogen-bond donors (Lipinski definition) is 3. The normalized spacial score (nSPS) is 16.4. The molecule has 3 N–H and O–H groups in total. The van der Waals surface area contributed by atoms with Crippen LogP contribution in [0.25, 0.3) is 10.9 Å². The Kier molecular flexibility index (Phi) is 6.34. The van der Waals surface area contributed by atoms with E-state index in [0.717, 1.165) is 48.4 Å². The molecule has 2 atom stereocenters. The smallest absolute Gasteiger partial charge is 0.199 e. The number of fused-ring (bicyclic) bond motifs is 1. The van der Waals surface area contributed by atoms with E-state index in [1.807, 2.05) is 54.6 Å². The van der Waals surface area contributed by atoms with Gasteiger partial charge in [0.1, 0.15) is 11.8 Å². The van der Waals surface area contributed by atoms with Gasteiger partial charge in [0.05, 0.1) is 33.3 Å². The fraction of sp³-hybridized carbons (Fsp3) is 0.250. The summed E-state index contributed by atoms with van der Waals surface area (Å²) in [5.41, 5.74) is 3.56. The summed E-state index contributed by atoms with van der Waals surface area (Å²) in [6, 6.07) is 25.4. The molecule has 0 bridgehead atoms. The number of nitrogens with zero attached hydrogens (tertiary/aromatic N) is 1. The lowest BCUT2D eigenvalue weighted by Crippen LogP contribution is -3.16. The van der Waals surface area contributed by atoms with Crippen molar-refractivity contribution in [3.05, 3.63) is 96.2 Å². The van der Waals surface area contributed by atoms with Gasteiger partial charge in [-0.15, -0.1) is 0 Å². The van der Waals surface area contributed by atoms with Crippen molar-refractivity contribution in [2.75, 3.05) is 38.2 Å². The summed E-state index contributed by atoms with van der Waals surface area (Å²) in [6.45, 7) is 3.37. The fourth-order valence-electron chi connectivity index (χ4n) is 5.04. The quantitative estimate of drug-likeness (QED) is 0.374. The molecule has 1 aliphatic rings. The second-order valence-electron chi connectivity index (χ2n) is 8.79. The Morgan fingerprint density at radius 2 is 1.65 bits per heavy atom. The number of ether oxygens (including phenoxy) is 1. The van der Waals surface area contributed by atoms with Crippen molar-refractivity contribution in [2.24, 2.45) is 0 Å². The number of nitrogens with one attached hydrogen (secondary N) is 2. The van der Waals surface area contributed by atoms with Gasteiger partial charge in [-0.2, -0.15) is 0 Å². The number of rotatable bonds is 7. The van der Waals surface area contributed by atoms with E-state index in [0.29, 0.717) is 5.56 Å². The number of piperazine rings is 1. The standard InChI is InChI=1S/C28H29N3O3/c1-34-22-13-11-20(12-14-22)26(31-17-15-30(16-18-31)21-7-3-2-4-8-21)28(33)27(32)24-19-29-25-10-6-5-9-23(24)25/h2-14,19,26,28-29,33H,15-18H2,1H3/p+1/t26-,28+/m1/s1. The summed E-state index contributed by atoms with van der Waals surface area (Å²) in [6.07, 6.45) is 0.551. The summed E-state index contributed by atoms with van der Waals surface area (Å²) in [7, 11) is 1.63. The van der Waals surface area contributed by atoms with E-state index in [1.165, 1.54) is 10.6 Å². The number of Topliss-reactive ketones (excluding diaryl/α,β-unsaturated/α-hetero) is 1. The summed E-state index contributed by atoms with van der Waals surface area (Å²) in [5, 5.41) is 12.3. The van der Waals surface area contributed by atoms with Crippen LogP contribution in [0, 0.1) is 0 Å². The maximum Gasteiger partial charge on any atom is 0.199 e. The molecule has 0 spiro atoms. The number of ketones is 1. The number of quaternary nitrogens is 1. The van der Waals surface area contributed by atoms with Gasteiger partial charge in [-0.25, -0.2) is 0 Å². The van der Waals surface area contributed by atoms with Crippen LogP contribution >= 0.6 is 0 Å². The van der Waals surface area contributed by atoms with Gasteiger partial charge >= 0.3 is 0 Å². The molecule has 174 valence electrons. The van der Waals surface area contributed by atoms with E-state index in [2.05, 4.69) is 34.1 Å². The van der Waals surface area contributed by atoms with E-state index in [4.69, 9.17) is 4.74 Å². The second kappa shape index (κ2) is 9.71. The highest BCUT2D eigenvalue weighted by Crippen LogP contribution is 2.25. The molecule has 0 aliphatic carbocycles. The van der Waals surface area contributed by atoms with Gasteiger partial charge in [0.25, 0.3) is 0 Å². The number of carbonyl (C=O) groups is 1. The molecule has 6 nitrogen and oxygen atoms in total. The van der Waals surface area contributed by atoms with Gasteiger partial charge in [0.2, 0.25) is 0 Å². The second-order valence-corrected chi connectivity index (χ2v) is 8.79. The van der Waals surface area contributed by atoms with Crippen molar-refractivity contribution in [1.82, 2.24) is 4.98 Å². The lowest BCUT2D eigenvalue weighted by molar-refractivity contribution is -0.934. The average Bonchev–Trinajstić information content (AvgIpc) is 3.34. The number of carbonyl (C=O) groups excluding carboxylic acids is 1. The Bertz CT molecular complexity index is 1240. The summed E-state index contributed by atoms with van der Waals surface area (Å²) in [5.74, 6) is 0.500. The molecular formula is C28H30N3O3+. The Hall–Kier alpha value is -3.61. The third-order valence-corrected chi connectivity index (χ3v) is 6.88. The first-order chi connectivity index (χ1) is 16.7. The topological polar surface area (TPSA) is 70.0 Å². The molecule has 4 aromatic rings. The van der Waals surface area contributed by atoms with E-state index in [1.54, 1.807) is 13.3 Å². The highest BCUT2D eigenvalue weighted by Gasteiger charge is 2.39. The van der Waals surface area contributed by atoms with E-state index < -0.39 is 6.10 Å². The van der Waals surface area contributed by atoms with Crippen LogP contribution in [-0.2, 0) is 0 Å². The van der Waals surface area contributed by atoms with E-state index in [-0.39, 0.29) is 11.8 Å². The molecule has 0 saturated carbocycles. The molecule has 2 heterocycles. The van der Waals surface area contributed by atoms with Gasteiger partial charge < -0.3 is 24.6 Å². The minimum atomic E-state index is -1.16. The summed E-state index contributed by atoms with van der Waals surface area (Å²) in [4.78, 5) is 20.3. The van der Waals surface area contributed by atoms with Gasteiger partial charge in [-0.05, 0) is 42.5 Å². The monoisotopic (exact) mass is 456 g/mol. The molecule has 0 unspecified atom stereocenters. The number of H-pyrrole nitrogens is 1. The maximum atomic E-state index is 13.6. The van der Waals surface area contributed by atoms with E-state index in [9.17, 15) is 9.90 Å². The first kappa shape index (κ1) is 22.2. The number of aromatic amines is 1. The zero-order valence-corrected chi connectivity index (χ0v) is 19.3. The zero-order chi connectivity index (χ0) is 23.5. The highest BCUT2D eigenvalue weighted by molar-refractivity contribution is 6.10. The predicted molar refractivity (Wildman–Crippen MR) is 134 cm³/mol. The number of aliphatic hydroxyl groups is 1. The molecule has 1 fully saturated rings. The number of aliphatic hydroxyl groups excluding tert-OH is 1. The maximum absolute atomic E-state index is 13.6. The third kappa shape index (κ3) is 4.30. The molecule has 34 heavy (non-hydrogen) atoms. The molecule has 6 heteroatoms. The van der Waals surface area contributed by atoms with Crippen molar-refractivity contribution >= 4 is 22.4 Å². The summed E-state index contributed by atoms with van der Waals surface area (Å²) < 4.78 is 5.33. The number of hydrogen-bond acceptors (Lipinski definition) is 4. The van der Waals surface area contributed by atoms with Gasteiger partial charge in [0.15, 0.2) is 11.9 Å². The zero-order valence-electron chi connectivity index (χ0n) is 19.3. The van der Waals surface area contributed by atoms with Crippen LogP contribution in [0.4, 0.5) is 5.69 Å². The molecule has 0 amide bonds. The molecule has 5 rings (SSSR count). The number of aromatic nitrogens is 1. The van der Waals surface area contributed by atoms with Crippen LogP contribution in [0.2, 0.25) is 0 Å². The fourth-order valence-corrected chi connectivity index (χ4v) is 5.04. The number of para-hydroxylation sites is 2. The Morgan fingerprint density at radius 1 is 0.971 bits per heavy atom.